The SMILES string of the molecule is C=CCn1c(=S)sc2c(=O)n(CC(=O)NC(c3ccccc3)C3CC3)cnc21. The highest BCUT2D eigenvalue weighted by molar-refractivity contribution is 7.73. The van der Waals surface area contributed by atoms with E-state index < -0.39 is 0 Å². The predicted octanol–water partition coefficient (Wildman–Crippen LogP) is 3.44. The number of allylic oxidation sites excluding steroid dienone is 1. The Labute approximate surface area is 171 Å². The number of fused-ring (bicyclic) bond motifs is 1. The third-order valence-corrected chi connectivity index (χ3v) is 6.26. The van der Waals surface area contributed by atoms with Crippen molar-refractivity contribution >= 4 is 39.8 Å². The van der Waals surface area contributed by atoms with E-state index in [9.17, 15) is 9.59 Å². The van der Waals surface area contributed by atoms with Crippen molar-refractivity contribution in [2.75, 3.05) is 0 Å². The van der Waals surface area contributed by atoms with Crippen molar-refractivity contribution in [1.29, 1.82) is 0 Å². The van der Waals surface area contributed by atoms with Gasteiger partial charge in [0.1, 0.15) is 17.6 Å². The molecule has 3 aromatic rings. The first-order valence-corrected chi connectivity index (χ1v) is 10.3. The number of amides is 1. The lowest BCUT2D eigenvalue weighted by molar-refractivity contribution is -0.122. The fourth-order valence-electron chi connectivity index (χ4n) is 3.31. The molecule has 1 unspecified atom stereocenters. The number of benzene rings is 1. The molecule has 1 aromatic carbocycles. The van der Waals surface area contributed by atoms with Gasteiger partial charge in [-0.2, -0.15) is 0 Å². The molecule has 0 aliphatic heterocycles. The zero-order valence-corrected chi connectivity index (χ0v) is 16.8. The van der Waals surface area contributed by atoms with E-state index >= 15 is 0 Å². The molecule has 144 valence electrons. The van der Waals surface area contributed by atoms with Gasteiger partial charge in [-0.25, -0.2) is 4.98 Å². The molecule has 1 aliphatic carbocycles. The second kappa shape index (κ2) is 7.81. The van der Waals surface area contributed by atoms with E-state index in [0.717, 1.165) is 18.4 Å². The first kappa shape index (κ1) is 18.8. The number of rotatable bonds is 7. The topological polar surface area (TPSA) is 68.9 Å². The minimum atomic E-state index is -0.248. The fraction of sp³-hybridized carbons (Fsp3) is 0.300. The zero-order valence-electron chi connectivity index (χ0n) is 15.2. The molecular weight excluding hydrogens is 392 g/mol. The number of carbonyl (C=O) groups is 1. The highest BCUT2D eigenvalue weighted by atomic mass is 32.1. The lowest BCUT2D eigenvalue weighted by atomic mass is 10.0. The van der Waals surface area contributed by atoms with Gasteiger partial charge in [0.15, 0.2) is 9.60 Å². The van der Waals surface area contributed by atoms with Crippen LogP contribution in [0.25, 0.3) is 10.3 Å². The number of aromatic nitrogens is 3. The van der Waals surface area contributed by atoms with Crippen LogP contribution in [0.1, 0.15) is 24.4 Å². The van der Waals surface area contributed by atoms with Crippen molar-refractivity contribution in [2.45, 2.75) is 32.0 Å². The van der Waals surface area contributed by atoms with Crippen LogP contribution >= 0.6 is 23.6 Å². The largest absolute Gasteiger partial charge is 0.347 e. The lowest BCUT2D eigenvalue weighted by Crippen LogP contribution is -2.35. The summed E-state index contributed by atoms with van der Waals surface area (Å²) in [5, 5.41) is 3.09. The molecule has 28 heavy (non-hydrogen) atoms. The van der Waals surface area contributed by atoms with Gasteiger partial charge in [-0.05, 0) is 36.5 Å². The zero-order chi connectivity index (χ0) is 19.7. The van der Waals surface area contributed by atoms with Crippen LogP contribution in [-0.2, 0) is 17.9 Å². The normalized spacial score (nSPS) is 14.7. The molecular formula is C20H20N4O2S2. The lowest BCUT2D eigenvalue weighted by Gasteiger charge is -2.19. The smallest absolute Gasteiger partial charge is 0.273 e. The van der Waals surface area contributed by atoms with Crippen LogP contribution in [0, 0.1) is 9.87 Å². The van der Waals surface area contributed by atoms with Crippen molar-refractivity contribution in [3.63, 3.8) is 0 Å². The van der Waals surface area contributed by atoms with Gasteiger partial charge >= 0.3 is 0 Å². The van der Waals surface area contributed by atoms with Crippen LogP contribution < -0.4 is 10.9 Å². The van der Waals surface area contributed by atoms with Crippen LogP contribution in [0.5, 0.6) is 0 Å². The summed E-state index contributed by atoms with van der Waals surface area (Å²) in [6.45, 7) is 4.14. The maximum absolute atomic E-state index is 12.8. The van der Waals surface area contributed by atoms with E-state index in [0.29, 0.717) is 26.8 Å². The molecule has 1 aliphatic rings. The molecule has 2 heterocycles. The van der Waals surface area contributed by atoms with Gasteiger partial charge in [0.05, 0.1) is 6.04 Å². The summed E-state index contributed by atoms with van der Waals surface area (Å²) in [6.07, 6.45) is 5.34. The molecule has 0 saturated heterocycles. The Bertz CT molecular complexity index is 1140. The maximum Gasteiger partial charge on any atom is 0.273 e. The Balaban J connectivity index is 1.57. The average molecular weight is 413 g/mol. The summed E-state index contributed by atoms with van der Waals surface area (Å²) >= 11 is 6.54. The van der Waals surface area contributed by atoms with E-state index in [4.69, 9.17) is 12.2 Å². The van der Waals surface area contributed by atoms with Crippen molar-refractivity contribution in [1.82, 2.24) is 19.4 Å². The first-order valence-electron chi connectivity index (χ1n) is 9.12. The van der Waals surface area contributed by atoms with E-state index in [-0.39, 0.29) is 24.1 Å². The first-order chi connectivity index (χ1) is 13.6. The second-order valence-corrected chi connectivity index (χ2v) is 8.54. The van der Waals surface area contributed by atoms with Crippen LogP contribution in [0.2, 0.25) is 0 Å². The molecule has 1 N–H and O–H groups in total. The monoisotopic (exact) mass is 412 g/mol. The summed E-state index contributed by atoms with van der Waals surface area (Å²) in [7, 11) is 0. The van der Waals surface area contributed by atoms with Crippen LogP contribution in [0.4, 0.5) is 0 Å². The third kappa shape index (κ3) is 3.70. The molecule has 1 amide bonds. The molecule has 8 heteroatoms. The quantitative estimate of drug-likeness (QED) is 0.477. The predicted molar refractivity (Wildman–Crippen MR) is 113 cm³/mol. The molecule has 0 radical (unpaired) electrons. The molecule has 0 bridgehead atoms. The fourth-order valence-corrected chi connectivity index (χ4v) is 4.63. The Hall–Kier alpha value is -2.58. The summed E-state index contributed by atoms with van der Waals surface area (Å²) in [5.41, 5.74) is 1.39. The molecule has 1 saturated carbocycles. The minimum Gasteiger partial charge on any atom is -0.347 e. The standard InChI is InChI=1S/C20H20N4O2S2/c1-2-10-24-18-17(28-20(24)27)19(26)23(12-21-18)11-15(25)22-16(14-8-9-14)13-6-4-3-5-7-13/h2-7,12,14,16H,1,8-11H2,(H,22,25). The van der Waals surface area contributed by atoms with E-state index in [1.807, 2.05) is 30.3 Å². The maximum atomic E-state index is 12.8. The minimum absolute atomic E-state index is 0.0168. The number of hydrogen-bond donors (Lipinski definition) is 1. The summed E-state index contributed by atoms with van der Waals surface area (Å²) in [5.74, 6) is 0.264. The molecule has 2 aromatic heterocycles. The van der Waals surface area contributed by atoms with Crippen molar-refractivity contribution in [2.24, 2.45) is 5.92 Å². The number of thiazole rings is 1. The summed E-state index contributed by atoms with van der Waals surface area (Å²) in [4.78, 5) is 29.8. The van der Waals surface area contributed by atoms with E-state index in [1.165, 1.54) is 22.2 Å². The van der Waals surface area contributed by atoms with Crippen LogP contribution in [0.3, 0.4) is 0 Å². The summed E-state index contributed by atoms with van der Waals surface area (Å²) in [6, 6.07) is 9.94. The van der Waals surface area contributed by atoms with Gasteiger partial charge in [-0.15, -0.1) is 6.58 Å². The molecule has 1 fully saturated rings. The van der Waals surface area contributed by atoms with Gasteiger partial charge in [0.2, 0.25) is 5.91 Å². The molecule has 0 spiro atoms. The Morgan fingerprint density at radius 2 is 2.14 bits per heavy atom. The Morgan fingerprint density at radius 3 is 2.82 bits per heavy atom. The van der Waals surface area contributed by atoms with Gasteiger partial charge < -0.3 is 9.88 Å². The molecule has 1 atom stereocenters. The average Bonchev–Trinajstić information content (AvgIpc) is 3.48. The Kier molecular flexibility index (Phi) is 5.23. The van der Waals surface area contributed by atoms with Gasteiger partial charge in [0.25, 0.3) is 5.56 Å². The Morgan fingerprint density at radius 1 is 1.39 bits per heavy atom. The van der Waals surface area contributed by atoms with Crippen molar-refractivity contribution in [3.05, 3.63) is 69.2 Å². The number of nitrogens with zero attached hydrogens (tertiary/aromatic N) is 3. The second-order valence-electron chi connectivity index (χ2n) is 6.89. The highest BCUT2D eigenvalue weighted by Crippen LogP contribution is 2.40. The third-order valence-electron chi connectivity index (χ3n) is 4.84. The van der Waals surface area contributed by atoms with Gasteiger partial charge in [-0.1, -0.05) is 47.7 Å². The molecule has 6 nitrogen and oxygen atoms in total. The van der Waals surface area contributed by atoms with Crippen LogP contribution in [0.15, 0.2) is 54.1 Å². The van der Waals surface area contributed by atoms with Gasteiger partial charge in [0, 0.05) is 6.54 Å². The molecule has 4 rings (SSSR count). The number of carbonyl (C=O) groups excluding carboxylic acids is 1. The van der Waals surface area contributed by atoms with Crippen molar-refractivity contribution in [3.8, 4) is 0 Å². The van der Waals surface area contributed by atoms with Gasteiger partial charge in [-0.3, -0.25) is 14.2 Å². The van der Waals surface area contributed by atoms with E-state index in [2.05, 4.69) is 16.9 Å². The van der Waals surface area contributed by atoms with Crippen molar-refractivity contribution < 1.29 is 4.79 Å². The number of hydrogen-bond acceptors (Lipinski definition) is 5. The van der Waals surface area contributed by atoms with E-state index in [1.54, 1.807) is 10.6 Å². The summed E-state index contributed by atoms with van der Waals surface area (Å²) < 4.78 is 4.14. The number of nitrogens with one attached hydrogen (secondary N) is 1. The highest BCUT2D eigenvalue weighted by Gasteiger charge is 2.33. The van der Waals surface area contributed by atoms with Crippen LogP contribution in [-0.4, -0.2) is 20.0 Å².